The number of nitrogens with one attached hydrogen (secondary N) is 2. The van der Waals surface area contributed by atoms with Crippen LogP contribution in [0.2, 0.25) is 0 Å². The van der Waals surface area contributed by atoms with E-state index in [0.29, 0.717) is 0 Å². The highest BCUT2D eigenvalue weighted by atomic mass is 32.1. The van der Waals surface area contributed by atoms with Crippen molar-refractivity contribution < 1.29 is 4.42 Å². The van der Waals surface area contributed by atoms with Crippen molar-refractivity contribution in [3.8, 4) is 0 Å². The molecule has 0 bridgehead atoms. The summed E-state index contributed by atoms with van der Waals surface area (Å²) in [5.41, 5.74) is 4.50. The van der Waals surface area contributed by atoms with Crippen LogP contribution in [0.15, 0.2) is 59.3 Å². The van der Waals surface area contributed by atoms with Crippen LogP contribution in [-0.4, -0.2) is 59.7 Å². The zero-order valence-corrected chi connectivity index (χ0v) is 20.6. The molecule has 0 radical (unpaired) electrons. The molecule has 1 saturated heterocycles. The number of likely N-dealkylation sites (N-methyl/N-ethyl adjacent to an activating group) is 1. The van der Waals surface area contributed by atoms with Gasteiger partial charge in [-0.1, -0.05) is 12.1 Å². The number of furan rings is 1. The monoisotopic (exact) mass is 473 g/mol. The van der Waals surface area contributed by atoms with Crippen LogP contribution in [0.25, 0.3) is 21.7 Å². The number of rotatable bonds is 6. The van der Waals surface area contributed by atoms with Gasteiger partial charge in [0.15, 0.2) is 5.11 Å². The first-order valence-electron chi connectivity index (χ1n) is 11.9. The van der Waals surface area contributed by atoms with Crippen LogP contribution >= 0.6 is 12.2 Å². The Balaban J connectivity index is 1.26. The number of fused-ring (bicyclic) bond motifs is 2. The first kappa shape index (κ1) is 22.8. The van der Waals surface area contributed by atoms with Gasteiger partial charge in [-0.15, -0.1) is 0 Å². The first-order valence-corrected chi connectivity index (χ1v) is 12.3. The fraction of sp³-hybridized carbons (Fsp3) is 0.333. The molecule has 0 saturated carbocycles. The number of hydrogen-bond donors (Lipinski definition) is 2. The predicted octanol–water partition coefficient (Wildman–Crippen LogP) is 4.57. The van der Waals surface area contributed by atoms with Gasteiger partial charge in [0.25, 0.3) is 0 Å². The van der Waals surface area contributed by atoms with Gasteiger partial charge in [-0.05, 0) is 73.9 Å². The molecule has 0 aliphatic carbocycles. The Morgan fingerprint density at radius 3 is 2.85 bits per heavy atom. The molecule has 0 atom stereocenters. The van der Waals surface area contributed by atoms with Crippen molar-refractivity contribution in [2.24, 2.45) is 0 Å². The Kier molecular flexibility index (Phi) is 6.76. The van der Waals surface area contributed by atoms with Crippen LogP contribution in [0.5, 0.6) is 0 Å². The molecule has 5 rings (SSSR count). The fourth-order valence-electron chi connectivity index (χ4n) is 4.66. The summed E-state index contributed by atoms with van der Waals surface area (Å²) in [5.74, 6) is 0.988. The number of aryl methyl sites for hydroxylation is 1. The second kappa shape index (κ2) is 10.1. The number of nitrogens with zero attached hydrogens (tertiary/aromatic N) is 3. The van der Waals surface area contributed by atoms with E-state index in [0.717, 1.165) is 73.2 Å². The third-order valence-electron chi connectivity index (χ3n) is 6.55. The molecule has 3 heterocycles. The highest BCUT2D eigenvalue weighted by molar-refractivity contribution is 7.80. The van der Waals surface area contributed by atoms with Gasteiger partial charge in [0.2, 0.25) is 0 Å². The predicted molar refractivity (Wildman–Crippen MR) is 143 cm³/mol. The summed E-state index contributed by atoms with van der Waals surface area (Å²) >= 11 is 5.65. The molecular formula is C27H31N5OS. The molecule has 1 aliphatic rings. The molecule has 7 heteroatoms. The molecule has 34 heavy (non-hydrogen) atoms. The van der Waals surface area contributed by atoms with Crippen molar-refractivity contribution in [3.63, 3.8) is 0 Å². The summed E-state index contributed by atoms with van der Waals surface area (Å²) in [4.78, 5) is 8.83. The standard InChI is InChI=1S/C27H31N5OS/c1-19-24(8-12-31(2)18-20-3-4-21-7-9-29-17-22(21)15-20)25-16-23(5-6-26(25)33-19)30-27(34)32-13-10-28-11-14-32/h3-7,9,15-17,28H,8,10-14,18H2,1-2H3,(H,30,34). The Morgan fingerprint density at radius 1 is 1.15 bits per heavy atom. The van der Waals surface area contributed by atoms with Crippen molar-refractivity contribution in [1.29, 1.82) is 0 Å². The molecule has 1 fully saturated rings. The van der Waals surface area contributed by atoms with E-state index in [1.807, 2.05) is 24.5 Å². The van der Waals surface area contributed by atoms with Crippen LogP contribution in [0, 0.1) is 6.92 Å². The number of pyridine rings is 1. The summed E-state index contributed by atoms with van der Waals surface area (Å²) in [5, 5.41) is 11.1. The number of thiocarbonyl (C=S) groups is 1. The van der Waals surface area contributed by atoms with E-state index < -0.39 is 0 Å². The molecule has 6 nitrogen and oxygen atoms in total. The van der Waals surface area contributed by atoms with Crippen LogP contribution < -0.4 is 10.6 Å². The smallest absolute Gasteiger partial charge is 0.173 e. The molecule has 2 aromatic heterocycles. The van der Waals surface area contributed by atoms with Crippen molar-refractivity contribution in [2.75, 3.05) is 45.1 Å². The molecule has 0 spiro atoms. The minimum atomic E-state index is 0.785. The van der Waals surface area contributed by atoms with Gasteiger partial charge in [0.1, 0.15) is 11.3 Å². The average Bonchev–Trinajstić information content (AvgIpc) is 3.17. The zero-order valence-electron chi connectivity index (χ0n) is 19.8. The summed E-state index contributed by atoms with van der Waals surface area (Å²) < 4.78 is 6.07. The molecule has 2 N–H and O–H groups in total. The molecule has 176 valence electrons. The summed E-state index contributed by atoms with van der Waals surface area (Å²) in [7, 11) is 2.17. The number of anilines is 1. The van der Waals surface area contributed by atoms with Crippen LogP contribution in [0.4, 0.5) is 5.69 Å². The largest absolute Gasteiger partial charge is 0.461 e. The highest BCUT2D eigenvalue weighted by Crippen LogP contribution is 2.29. The van der Waals surface area contributed by atoms with Crippen molar-refractivity contribution >= 4 is 44.8 Å². The third kappa shape index (κ3) is 5.06. The van der Waals surface area contributed by atoms with Gasteiger partial charge in [0, 0.05) is 73.7 Å². The molecule has 1 aliphatic heterocycles. The normalized spacial score (nSPS) is 14.3. The highest BCUT2D eigenvalue weighted by Gasteiger charge is 2.16. The zero-order chi connectivity index (χ0) is 23.5. The van der Waals surface area contributed by atoms with Gasteiger partial charge >= 0.3 is 0 Å². The van der Waals surface area contributed by atoms with Gasteiger partial charge in [0.05, 0.1) is 0 Å². The Bertz CT molecular complexity index is 1310. The van der Waals surface area contributed by atoms with Crippen LogP contribution in [-0.2, 0) is 13.0 Å². The van der Waals surface area contributed by atoms with E-state index in [1.54, 1.807) is 0 Å². The quantitative estimate of drug-likeness (QED) is 0.398. The van der Waals surface area contributed by atoms with Crippen LogP contribution in [0.1, 0.15) is 16.9 Å². The molecule has 2 aromatic carbocycles. The minimum absolute atomic E-state index is 0.785. The summed E-state index contributed by atoms with van der Waals surface area (Å²) in [6.45, 7) is 7.70. The summed E-state index contributed by atoms with van der Waals surface area (Å²) in [6.07, 6.45) is 4.70. The van der Waals surface area contributed by atoms with E-state index in [1.165, 1.54) is 21.9 Å². The maximum absolute atomic E-state index is 6.07. The first-order chi connectivity index (χ1) is 16.6. The van der Waals surface area contributed by atoms with E-state index in [2.05, 4.69) is 69.7 Å². The second-order valence-electron chi connectivity index (χ2n) is 9.06. The van der Waals surface area contributed by atoms with Crippen LogP contribution in [0.3, 0.4) is 0 Å². The lowest BCUT2D eigenvalue weighted by atomic mass is 10.1. The van der Waals surface area contributed by atoms with E-state index >= 15 is 0 Å². The molecular weight excluding hydrogens is 442 g/mol. The topological polar surface area (TPSA) is 56.6 Å². The van der Waals surface area contributed by atoms with E-state index in [4.69, 9.17) is 16.6 Å². The number of piperazine rings is 1. The number of aromatic nitrogens is 1. The lowest BCUT2D eigenvalue weighted by Crippen LogP contribution is -2.47. The van der Waals surface area contributed by atoms with Gasteiger partial charge in [-0.25, -0.2) is 0 Å². The van der Waals surface area contributed by atoms with Gasteiger partial charge in [-0.3, -0.25) is 4.98 Å². The molecule has 0 amide bonds. The Labute approximate surface area is 205 Å². The van der Waals surface area contributed by atoms with Crippen molar-refractivity contribution in [2.45, 2.75) is 19.9 Å². The van der Waals surface area contributed by atoms with Gasteiger partial charge < -0.3 is 24.9 Å². The van der Waals surface area contributed by atoms with Crippen molar-refractivity contribution in [3.05, 3.63) is 71.7 Å². The molecule has 4 aromatic rings. The number of hydrogen-bond acceptors (Lipinski definition) is 5. The second-order valence-corrected chi connectivity index (χ2v) is 9.45. The fourth-order valence-corrected chi connectivity index (χ4v) is 4.96. The Morgan fingerprint density at radius 2 is 2.00 bits per heavy atom. The third-order valence-corrected chi connectivity index (χ3v) is 6.91. The molecule has 0 unspecified atom stereocenters. The van der Waals surface area contributed by atoms with Crippen molar-refractivity contribution in [1.82, 2.24) is 20.1 Å². The average molecular weight is 474 g/mol. The maximum atomic E-state index is 6.07. The Hall–Kier alpha value is -3.00. The van der Waals surface area contributed by atoms with E-state index in [-0.39, 0.29) is 0 Å². The lowest BCUT2D eigenvalue weighted by Gasteiger charge is -2.29. The SMILES string of the molecule is Cc1oc2ccc(NC(=S)N3CCNCC3)cc2c1CCN(C)Cc1ccc2ccncc2c1. The number of benzene rings is 2. The lowest BCUT2D eigenvalue weighted by molar-refractivity contribution is 0.331. The van der Waals surface area contributed by atoms with E-state index in [9.17, 15) is 0 Å². The summed E-state index contributed by atoms with van der Waals surface area (Å²) in [6, 6.07) is 14.9. The van der Waals surface area contributed by atoms with Gasteiger partial charge in [-0.2, -0.15) is 0 Å². The minimum Gasteiger partial charge on any atom is -0.461 e. The maximum Gasteiger partial charge on any atom is 0.173 e.